The first-order valence-electron chi connectivity index (χ1n) is 8.27. The van der Waals surface area contributed by atoms with Crippen molar-refractivity contribution >= 4 is 11.6 Å². The van der Waals surface area contributed by atoms with Crippen molar-refractivity contribution in [1.82, 2.24) is 29.7 Å². The lowest BCUT2D eigenvalue weighted by atomic mass is 10.1. The molecule has 0 radical (unpaired) electrons. The van der Waals surface area contributed by atoms with Gasteiger partial charge in [0.15, 0.2) is 5.82 Å². The summed E-state index contributed by atoms with van der Waals surface area (Å²) in [5.41, 5.74) is 2.42. The molecule has 3 aromatic heterocycles. The van der Waals surface area contributed by atoms with Gasteiger partial charge in [0.2, 0.25) is 5.88 Å². The molecule has 1 aromatic carbocycles. The van der Waals surface area contributed by atoms with Crippen molar-refractivity contribution in [2.24, 2.45) is 0 Å². The Labute approximate surface area is 164 Å². The molecule has 0 aliphatic rings. The molecule has 0 amide bonds. The number of nitrogens with zero attached hydrogens (tertiary/aromatic N) is 6. The molecule has 0 aliphatic heterocycles. The fourth-order valence-electron chi connectivity index (χ4n) is 2.74. The van der Waals surface area contributed by atoms with Gasteiger partial charge >= 0.3 is 0 Å². The van der Waals surface area contributed by atoms with E-state index in [0.29, 0.717) is 34.5 Å². The van der Waals surface area contributed by atoms with Gasteiger partial charge < -0.3 is 4.74 Å². The normalized spacial score (nSPS) is 10.9. The van der Waals surface area contributed by atoms with E-state index >= 15 is 0 Å². The Morgan fingerprint density at radius 3 is 2.39 bits per heavy atom. The first-order valence-corrected chi connectivity index (χ1v) is 8.65. The van der Waals surface area contributed by atoms with Gasteiger partial charge in [-0.25, -0.2) is 14.4 Å². The Hall–Kier alpha value is -3.39. The smallest absolute Gasteiger partial charge is 0.213 e. The number of hydrogen-bond acceptors (Lipinski definition) is 6. The first kappa shape index (κ1) is 18.0. The van der Waals surface area contributed by atoms with Gasteiger partial charge in [-0.05, 0) is 31.2 Å². The number of aryl methyl sites for hydroxylation is 1. The average molecular weight is 397 g/mol. The SMILES string of the molecule is COc1ccc(-n2c(C)nnc2-c2cnc(-c3ccc(F)cc3Cl)cn2)cn1. The van der Waals surface area contributed by atoms with E-state index in [1.165, 1.54) is 12.1 Å². The molecule has 0 saturated carbocycles. The zero-order chi connectivity index (χ0) is 19.7. The average Bonchev–Trinajstić information content (AvgIpc) is 3.10. The van der Waals surface area contributed by atoms with E-state index in [4.69, 9.17) is 16.3 Å². The minimum atomic E-state index is -0.407. The molecule has 0 unspecified atom stereocenters. The minimum Gasteiger partial charge on any atom is -0.481 e. The van der Waals surface area contributed by atoms with Crippen LogP contribution in [-0.4, -0.2) is 36.8 Å². The molecule has 0 saturated heterocycles. The summed E-state index contributed by atoms with van der Waals surface area (Å²) in [5, 5.41) is 8.62. The maximum atomic E-state index is 13.3. The van der Waals surface area contributed by atoms with Gasteiger partial charge in [-0.15, -0.1) is 10.2 Å². The second kappa shape index (κ2) is 7.32. The Morgan fingerprint density at radius 2 is 1.75 bits per heavy atom. The van der Waals surface area contributed by atoms with Crippen molar-refractivity contribution in [2.45, 2.75) is 6.92 Å². The molecule has 28 heavy (non-hydrogen) atoms. The molecule has 7 nitrogen and oxygen atoms in total. The van der Waals surface area contributed by atoms with Crippen LogP contribution in [0.2, 0.25) is 5.02 Å². The summed E-state index contributed by atoms with van der Waals surface area (Å²) < 4.78 is 20.2. The van der Waals surface area contributed by atoms with Gasteiger partial charge in [0.05, 0.1) is 42.1 Å². The summed E-state index contributed by atoms with van der Waals surface area (Å²) in [5.74, 6) is 1.30. The van der Waals surface area contributed by atoms with E-state index in [-0.39, 0.29) is 5.02 Å². The van der Waals surface area contributed by atoms with E-state index in [1.807, 2.05) is 17.6 Å². The minimum absolute atomic E-state index is 0.269. The van der Waals surface area contributed by atoms with E-state index in [2.05, 4.69) is 25.1 Å². The van der Waals surface area contributed by atoms with Gasteiger partial charge in [0, 0.05) is 11.6 Å². The van der Waals surface area contributed by atoms with Crippen LogP contribution in [0.4, 0.5) is 4.39 Å². The molecule has 0 spiro atoms. The van der Waals surface area contributed by atoms with Crippen molar-refractivity contribution in [1.29, 1.82) is 0 Å². The predicted octanol–water partition coefficient (Wildman–Crippen LogP) is 3.90. The maximum Gasteiger partial charge on any atom is 0.213 e. The summed E-state index contributed by atoms with van der Waals surface area (Å²) in [6, 6.07) is 7.74. The largest absolute Gasteiger partial charge is 0.481 e. The van der Waals surface area contributed by atoms with E-state index in [0.717, 1.165) is 5.69 Å². The van der Waals surface area contributed by atoms with Gasteiger partial charge in [-0.3, -0.25) is 9.55 Å². The summed E-state index contributed by atoms with van der Waals surface area (Å²) in [4.78, 5) is 13.1. The Bertz CT molecular complexity index is 1130. The fourth-order valence-corrected chi connectivity index (χ4v) is 3.01. The highest BCUT2D eigenvalue weighted by Crippen LogP contribution is 2.28. The van der Waals surface area contributed by atoms with Crippen molar-refractivity contribution < 1.29 is 9.13 Å². The molecule has 4 rings (SSSR count). The maximum absolute atomic E-state index is 13.3. The van der Waals surface area contributed by atoms with Gasteiger partial charge in [-0.2, -0.15) is 0 Å². The monoisotopic (exact) mass is 396 g/mol. The Morgan fingerprint density at radius 1 is 0.964 bits per heavy atom. The number of aromatic nitrogens is 6. The number of rotatable bonds is 4. The highest BCUT2D eigenvalue weighted by atomic mass is 35.5. The number of ether oxygens (including phenoxy) is 1. The summed E-state index contributed by atoms with van der Waals surface area (Å²) in [6.45, 7) is 1.83. The van der Waals surface area contributed by atoms with Crippen LogP contribution in [0.3, 0.4) is 0 Å². The number of hydrogen-bond donors (Lipinski definition) is 0. The highest BCUT2D eigenvalue weighted by molar-refractivity contribution is 6.33. The van der Waals surface area contributed by atoms with Gasteiger partial charge in [-0.1, -0.05) is 11.6 Å². The zero-order valence-corrected chi connectivity index (χ0v) is 15.7. The van der Waals surface area contributed by atoms with Gasteiger partial charge in [0.1, 0.15) is 17.3 Å². The van der Waals surface area contributed by atoms with Gasteiger partial charge in [0.25, 0.3) is 0 Å². The zero-order valence-electron chi connectivity index (χ0n) is 15.0. The number of methoxy groups -OCH3 is 1. The summed E-state index contributed by atoms with van der Waals surface area (Å²) in [6.07, 6.45) is 4.81. The quantitative estimate of drug-likeness (QED) is 0.520. The topological polar surface area (TPSA) is 78.6 Å². The fraction of sp³-hybridized carbons (Fsp3) is 0.105. The molecule has 0 bridgehead atoms. The standard InChI is InChI=1S/C19H14ClFN6O/c1-11-25-26-19(27(11)13-4-6-18(28-2)24-8-13)17-10-22-16(9-23-17)14-5-3-12(21)7-15(14)20/h3-10H,1-2H3. The van der Waals surface area contributed by atoms with Crippen LogP contribution >= 0.6 is 11.6 Å². The van der Waals surface area contributed by atoms with E-state index in [9.17, 15) is 4.39 Å². The third-order valence-electron chi connectivity index (χ3n) is 4.10. The molecule has 4 aromatic rings. The molecule has 0 N–H and O–H groups in total. The van der Waals surface area contributed by atoms with Crippen LogP contribution in [-0.2, 0) is 0 Å². The van der Waals surface area contributed by atoms with Crippen molar-refractivity contribution in [3.8, 4) is 34.3 Å². The Kier molecular flexibility index (Phi) is 4.70. The molecular formula is C19H14ClFN6O. The molecule has 3 heterocycles. The molecule has 9 heteroatoms. The lowest BCUT2D eigenvalue weighted by molar-refractivity contribution is 0.398. The summed E-state index contributed by atoms with van der Waals surface area (Å²) >= 11 is 6.10. The predicted molar refractivity (Wildman–Crippen MR) is 102 cm³/mol. The number of halogens is 2. The number of pyridine rings is 1. The van der Waals surface area contributed by atoms with Crippen LogP contribution in [0.1, 0.15) is 5.82 Å². The second-order valence-corrected chi connectivity index (χ2v) is 6.28. The van der Waals surface area contributed by atoms with Crippen LogP contribution in [0, 0.1) is 12.7 Å². The van der Waals surface area contributed by atoms with Crippen LogP contribution in [0.25, 0.3) is 28.5 Å². The Balaban J connectivity index is 1.72. The first-order chi connectivity index (χ1) is 13.6. The van der Waals surface area contributed by atoms with Crippen molar-refractivity contribution in [3.63, 3.8) is 0 Å². The van der Waals surface area contributed by atoms with E-state index < -0.39 is 5.82 Å². The van der Waals surface area contributed by atoms with Crippen molar-refractivity contribution in [2.75, 3.05) is 7.11 Å². The third-order valence-corrected chi connectivity index (χ3v) is 4.41. The third kappa shape index (κ3) is 3.29. The highest BCUT2D eigenvalue weighted by Gasteiger charge is 2.16. The lowest BCUT2D eigenvalue weighted by Gasteiger charge is -2.09. The van der Waals surface area contributed by atoms with Crippen LogP contribution in [0.5, 0.6) is 5.88 Å². The van der Waals surface area contributed by atoms with Crippen molar-refractivity contribution in [3.05, 3.63) is 65.6 Å². The molecular weight excluding hydrogens is 383 g/mol. The molecule has 140 valence electrons. The van der Waals surface area contributed by atoms with Crippen LogP contribution in [0.15, 0.2) is 48.9 Å². The molecule has 0 aliphatic carbocycles. The number of benzene rings is 1. The summed E-state index contributed by atoms with van der Waals surface area (Å²) in [7, 11) is 1.56. The molecule has 0 fully saturated rings. The lowest BCUT2D eigenvalue weighted by Crippen LogP contribution is -2.02. The second-order valence-electron chi connectivity index (χ2n) is 5.88. The van der Waals surface area contributed by atoms with E-state index in [1.54, 1.807) is 37.8 Å². The van der Waals surface area contributed by atoms with Crippen LogP contribution < -0.4 is 4.74 Å². The molecule has 0 atom stereocenters.